The lowest BCUT2D eigenvalue weighted by Gasteiger charge is -2.08. The maximum atomic E-state index is 11.8. The van der Waals surface area contributed by atoms with Crippen molar-refractivity contribution in [3.63, 3.8) is 0 Å². The highest BCUT2D eigenvalue weighted by molar-refractivity contribution is 5.94. The van der Waals surface area contributed by atoms with E-state index in [0.717, 1.165) is 18.5 Å². The van der Waals surface area contributed by atoms with Crippen LogP contribution in [0, 0.1) is 0 Å². The van der Waals surface area contributed by atoms with Gasteiger partial charge in [0, 0.05) is 6.54 Å². The molecule has 3 nitrogen and oxygen atoms in total. The van der Waals surface area contributed by atoms with Gasteiger partial charge in [-0.25, -0.2) is 4.79 Å². The summed E-state index contributed by atoms with van der Waals surface area (Å²) in [5.74, 6) is -0.265. The predicted octanol–water partition coefficient (Wildman–Crippen LogP) is 4.19. The summed E-state index contributed by atoms with van der Waals surface area (Å²) in [6.45, 7) is 3.72. The van der Waals surface area contributed by atoms with Gasteiger partial charge in [0.25, 0.3) is 0 Å². The molecule has 1 aromatic carbocycles. The summed E-state index contributed by atoms with van der Waals surface area (Å²) in [6, 6.07) is 9.86. The first-order valence-electron chi connectivity index (χ1n) is 8.32. The van der Waals surface area contributed by atoms with Gasteiger partial charge in [0.1, 0.15) is 0 Å². The van der Waals surface area contributed by atoms with Gasteiger partial charge < -0.3 is 10.1 Å². The molecule has 0 unspecified atom stereocenters. The Balaban J connectivity index is 2.34. The van der Waals surface area contributed by atoms with E-state index in [0.29, 0.717) is 12.1 Å². The largest absolute Gasteiger partial charge is 0.466 e. The molecule has 0 aliphatic rings. The zero-order valence-corrected chi connectivity index (χ0v) is 13.9. The van der Waals surface area contributed by atoms with Crippen LogP contribution in [0.5, 0.6) is 0 Å². The number of carbonyl (C=O) groups is 1. The summed E-state index contributed by atoms with van der Waals surface area (Å²) >= 11 is 0. The van der Waals surface area contributed by atoms with E-state index in [9.17, 15) is 4.79 Å². The fourth-order valence-corrected chi connectivity index (χ4v) is 2.32. The maximum absolute atomic E-state index is 11.8. The molecule has 1 aromatic rings. The van der Waals surface area contributed by atoms with Crippen LogP contribution in [0.4, 0.5) is 0 Å². The molecule has 0 bridgehead atoms. The van der Waals surface area contributed by atoms with Gasteiger partial charge in [0.2, 0.25) is 0 Å². The molecule has 0 saturated heterocycles. The number of nitrogens with one attached hydrogen (secondary N) is 1. The van der Waals surface area contributed by atoms with Gasteiger partial charge in [-0.05, 0) is 24.6 Å². The van der Waals surface area contributed by atoms with E-state index in [1.165, 1.54) is 39.2 Å². The number of esters is 1. The molecule has 22 heavy (non-hydrogen) atoms. The third-order valence-corrected chi connectivity index (χ3v) is 3.61. The molecular formula is C19H29NO2. The third-order valence-electron chi connectivity index (χ3n) is 3.61. The average molecular weight is 303 g/mol. The Hall–Kier alpha value is -1.61. The lowest BCUT2D eigenvalue weighted by atomic mass is 10.1. The predicted molar refractivity (Wildman–Crippen MR) is 92.7 cm³/mol. The normalized spacial score (nSPS) is 11.5. The maximum Gasteiger partial charge on any atom is 0.335 e. The minimum Gasteiger partial charge on any atom is -0.466 e. The van der Waals surface area contributed by atoms with Crippen molar-refractivity contribution in [1.29, 1.82) is 0 Å². The molecule has 0 aromatic heterocycles. The third kappa shape index (κ3) is 7.99. The Morgan fingerprint density at radius 3 is 2.45 bits per heavy atom. The van der Waals surface area contributed by atoms with Crippen molar-refractivity contribution in [3.05, 3.63) is 41.5 Å². The minimum absolute atomic E-state index is 0.265. The highest BCUT2D eigenvalue weighted by Crippen LogP contribution is 2.08. The molecule has 0 aliphatic heterocycles. The van der Waals surface area contributed by atoms with Gasteiger partial charge >= 0.3 is 5.97 Å². The van der Waals surface area contributed by atoms with Crippen molar-refractivity contribution in [2.75, 3.05) is 20.2 Å². The first-order valence-corrected chi connectivity index (χ1v) is 8.32. The zero-order valence-electron chi connectivity index (χ0n) is 13.9. The molecule has 0 atom stereocenters. The Kier molecular flexibility index (Phi) is 10.0. The number of rotatable bonds is 11. The second kappa shape index (κ2) is 12.0. The van der Waals surface area contributed by atoms with Crippen molar-refractivity contribution in [2.24, 2.45) is 0 Å². The van der Waals surface area contributed by atoms with Gasteiger partial charge in [-0.3, -0.25) is 0 Å². The number of ether oxygens (including phenoxy) is 1. The summed E-state index contributed by atoms with van der Waals surface area (Å²) in [5, 5.41) is 3.34. The van der Waals surface area contributed by atoms with Gasteiger partial charge in [0.15, 0.2) is 0 Å². The molecule has 122 valence electrons. The van der Waals surface area contributed by atoms with Crippen molar-refractivity contribution in [2.45, 2.75) is 45.4 Å². The number of carbonyl (C=O) groups excluding carboxylic acids is 1. The fraction of sp³-hybridized carbons (Fsp3) is 0.526. The highest BCUT2D eigenvalue weighted by Gasteiger charge is 2.09. The average Bonchev–Trinajstić information content (AvgIpc) is 2.56. The SMILES string of the molecule is CCCCCCCCNC/C(=C\c1ccccc1)C(=O)OC. The summed E-state index contributed by atoms with van der Waals surface area (Å²) in [6.07, 6.45) is 9.55. The van der Waals surface area contributed by atoms with Gasteiger partial charge in [-0.1, -0.05) is 69.4 Å². The van der Waals surface area contributed by atoms with Crippen molar-refractivity contribution in [1.82, 2.24) is 5.32 Å². The molecule has 0 spiro atoms. The van der Waals surface area contributed by atoms with Crippen LogP contribution in [0.25, 0.3) is 6.08 Å². The first kappa shape index (κ1) is 18.4. The number of hydrogen-bond donors (Lipinski definition) is 1. The molecule has 3 heteroatoms. The quantitative estimate of drug-likeness (QED) is 0.378. The Morgan fingerprint density at radius 1 is 1.09 bits per heavy atom. The first-order chi connectivity index (χ1) is 10.8. The van der Waals surface area contributed by atoms with Crippen molar-refractivity contribution >= 4 is 12.0 Å². The van der Waals surface area contributed by atoms with Gasteiger partial charge in [0.05, 0.1) is 12.7 Å². The lowest BCUT2D eigenvalue weighted by Crippen LogP contribution is -2.22. The molecular weight excluding hydrogens is 274 g/mol. The smallest absolute Gasteiger partial charge is 0.335 e. The van der Waals surface area contributed by atoms with Crippen LogP contribution < -0.4 is 5.32 Å². The Bertz CT molecular complexity index is 440. The van der Waals surface area contributed by atoms with Crippen LogP contribution in [0.1, 0.15) is 51.0 Å². The zero-order chi connectivity index (χ0) is 16.0. The highest BCUT2D eigenvalue weighted by atomic mass is 16.5. The van der Waals surface area contributed by atoms with Crippen LogP contribution in [-0.4, -0.2) is 26.2 Å². The topological polar surface area (TPSA) is 38.3 Å². The molecule has 0 radical (unpaired) electrons. The van der Waals surface area contributed by atoms with Crippen LogP contribution in [0.3, 0.4) is 0 Å². The second-order valence-corrected chi connectivity index (χ2v) is 5.52. The van der Waals surface area contributed by atoms with Crippen LogP contribution in [-0.2, 0) is 9.53 Å². The molecule has 1 N–H and O–H groups in total. The molecule has 0 aliphatic carbocycles. The van der Waals surface area contributed by atoms with E-state index in [-0.39, 0.29) is 5.97 Å². The molecule has 1 rings (SSSR count). The van der Waals surface area contributed by atoms with Crippen LogP contribution >= 0.6 is 0 Å². The minimum atomic E-state index is -0.265. The second-order valence-electron chi connectivity index (χ2n) is 5.52. The van der Waals surface area contributed by atoms with Gasteiger partial charge in [-0.2, -0.15) is 0 Å². The van der Waals surface area contributed by atoms with Crippen molar-refractivity contribution in [3.8, 4) is 0 Å². The number of unbranched alkanes of at least 4 members (excludes halogenated alkanes) is 5. The summed E-state index contributed by atoms with van der Waals surface area (Å²) in [5.41, 5.74) is 1.68. The van der Waals surface area contributed by atoms with E-state index < -0.39 is 0 Å². The van der Waals surface area contributed by atoms with E-state index in [4.69, 9.17) is 4.74 Å². The standard InChI is InChI=1S/C19H29NO2/c1-3-4-5-6-7-11-14-20-16-18(19(21)22-2)15-17-12-9-8-10-13-17/h8-10,12-13,15,20H,3-7,11,14,16H2,1-2H3/b18-15+. The van der Waals surface area contributed by atoms with Crippen LogP contribution in [0.2, 0.25) is 0 Å². The molecule has 0 heterocycles. The molecule has 0 saturated carbocycles. The lowest BCUT2D eigenvalue weighted by molar-refractivity contribution is -0.136. The Morgan fingerprint density at radius 2 is 1.77 bits per heavy atom. The fourth-order valence-electron chi connectivity index (χ4n) is 2.32. The monoisotopic (exact) mass is 303 g/mol. The number of methoxy groups -OCH3 is 1. The summed E-state index contributed by atoms with van der Waals surface area (Å²) < 4.78 is 4.86. The number of hydrogen-bond acceptors (Lipinski definition) is 3. The van der Waals surface area contributed by atoms with E-state index >= 15 is 0 Å². The molecule has 0 fully saturated rings. The summed E-state index contributed by atoms with van der Waals surface area (Å²) in [7, 11) is 1.43. The molecule has 0 amide bonds. The van der Waals surface area contributed by atoms with Gasteiger partial charge in [-0.15, -0.1) is 0 Å². The Labute approximate surface area is 134 Å². The van der Waals surface area contributed by atoms with E-state index in [1.807, 2.05) is 36.4 Å². The van der Waals surface area contributed by atoms with Crippen molar-refractivity contribution < 1.29 is 9.53 Å². The van der Waals surface area contributed by atoms with E-state index in [2.05, 4.69) is 12.2 Å². The number of benzene rings is 1. The summed E-state index contributed by atoms with van der Waals surface area (Å²) in [4.78, 5) is 11.8. The van der Waals surface area contributed by atoms with E-state index in [1.54, 1.807) is 0 Å². The van der Waals surface area contributed by atoms with Crippen LogP contribution in [0.15, 0.2) is 35.9 Å².